The highest BCUT2D eigenvalue weighted by Crippen LogP contribution is 2.21. The van der Waals surface area contributed by atoms with Crippen LogP contribution >= 0.6 is 0 Å². The molecule has 3 aromatic carbocycles. The summed E-state index contributed by atoms with van der Waals surface area (Å²) < 4.78 is 38.5. The van der Waals surface area contributed by atoms with E-state index in [9.17, 15) is 18.0 Å². The van der Waals surface area contributed by atoms with E-state index in [0.717, 1.165) is 5.56 Å². The molecule has 0 aliphatic heterocycles. The van der Waals surface area contributed by atoms with Gasteiger partial charge in [0.25, 0.3) is 15.9 Å². The molecule has 9 nitrogen and oxygen atoms in total. The Hall–Kier alpha value is -4.05. The number of carbonyl (C=O) groups excluding carboxylic acids is 2. The second kappa shape index (κ2) is 11.2. The summed E-state index contributed by atoms with van der Waals surface area (Å²) in [5.41, 5.74) is 6.85. The van der Waals surface area contributed by atoms with Gasteiger partial charge < -0.3 is 20.5 Å². The lowest BCUT2D eigenvalue weighted by atomic mass is 10.1. The van der Waals surface area contributed by atoms with Crippen molar-refractivity contribution in [3.8, 4) is 11.5 Å². The van der Waals surface area contributed by atoms with Gasteiger partial charge in [0.15, 0.2) is 6.61 Å². The van der Waals surface area contributed by atoms with Crippen molar-refractivity contribution in [2.24, 2.45) is 5.73 Å². The second-order valence-electron chi connectivity index (χ2n) is 7.21. The summed E-state index contributed by atoms with van der Waals surface area (Å²) in [6, 6.07) is 19.0. The Morgan fingerprint density at radius 1 is 0.824 bits per heavy atom. The van der Waals surface area contributed by atoms with Gasteiger partial charge in [-0.2, -0.15) is 0 Å². The molecule has 0 radical (unpaired) electrons. The Balaban J connectivity index is 1.52. The van der Waals surface area contributed by atoms with Gasteiger partial charge in [0, 0.05) is 11.4 Å². The van der Waals surface area contributed by atoms with Crippen LogP contribution in [0.4, 0.5) is 11.4 Å². The molecule has 34 heavy (non-hydrogen) atoms. The van der Waals surface area contributed by atoms with E-state index >= 15 is 0 Å². The summed E-state index contributed by atoms with van der Waals surface area (Å²) in [5.74, 6) is 0.163. The minimum atomic E-state index is -3.79. The highest BCUT2D eigenvalue weighted by atomic mass is 32.2. The average Bonchev–Trinajstić information content (AvgIpc) is 2.80. The standard InChI is InChI=1S/C24H25N3O6S/c1-2-32-20-9-7-19(8-10-20)27-34(30,31)22-13-11-21(12-14-22)33-16-24(29)26-18-5-3-17(4-6-18)15-23(25)28/h3-14,27H,2,15-16H2,1H3,(H2,25,28)(H,26,29). The maximum atomic E-state index is 12.6. The predicted octanol–water partition coefficient (Wildman–Crippen LogP) is 2.93. The van der Waals surface area contributed by atoms with Crippen molar-refractivity contribution >= 4 is 33.2 Å². The molecule has 3 rings (SSSR count). The highest BCUT2D eigenvalue weighted by molar-refractivity contribution is 7.92. The lowest BCUT2D eigenvalue weighted by molar-refractivity contribution is -0.118. The van der Waals surface area contributed by atoms with Crippen molar-refractivity contribution in [2.45, 2.75) is 18.2 Å². The molecule has 10 heteroatoms. The second-order valence-corrected chi connectivity index (χ2v) is 8.89. The predicted molar refractivity (Wildman–Crippen MR) is 128 cm³/mol. The molecule has 3 aromatic rings. The van der Waals surface area contributed by atoms with Crippen LogP contribution in [0.2, 0.25) is 0 Å². The Labute approximate surface area is 197 Å². The third-order valence-corrected chi connectivity index (χ3v) is 5.93. The van der Waals surface area contributed by atoms with Crippen LogP contribution < -0.4 is 25.2 Å². The maximum Gasteiger partial charge on any atom is 0.262 e. The van der Waals surface area contributed by atoms with Crippen molar-refractivity contribution in [2.75, 3.05) is 23.3 Å². The first kappa shape index (κ1) is 24.6. The Bertz CT molecular complexity index is 1230. The fourth-order valence-electron chi connectivity index (χ4n) is 2.97. The number of sulfonamides is 1. The molecule has 0 bridgehead atoms. The highest BCUT2D eigenvalue weighted by Gasteiger charge is 2.14. The number of anilines is 2. The number of rotatable bonds is 11. The molecule has 0 unspecified atom stereocenters. The first-order valence-electron chi connectivity index (χ1n) is 10.4. The normalized spacial score (nSPS) is 10.9. The van der Waals surface area contributed by atoms with Gasteiger partial charge in [-0.1, -0.05) is 12.1 Å². The summed E-state index contributed by atoms with van der Waals surface area (Å²) in [4.78, 5) is 23.1. The quantitative estimate of drug-likeness (QED) is 0.384. The molecule has 0 saturated heterocycles. The van der Waals surface area contributed by atoms with E-state index in [1.54, 1.807) is 48.5 Å². The van der Waals surface area contributed by atoms with Crippen LogP contribution in [0.3, 0.4) is 0 Å². The monoisotopic (exact) mass is 483 g/mol. The van der Waals surface area contributed by atoms with Gasteiger partial charge in [-0.05, 0) is 73.2 Å². The Morgan fingerprint density at radius 3 is 1.97 bits per heavy atom. The summed E-state index contributed by atoms with van der Waals surface area (Å²) in [7, 11) is -3.79. The lowest BCUT2D eigenvalue weighted by Crippen LogP contribution is -2.20. The van der Waals surface area contributed by atoms with Gasteiger partial charge in [-0.15, -0.1) is 0 Å². The van der Waals surface area contributed by atoms with Crippen molar-refractivity contribution in [3.05, 3.63) is 78.4 Å². The summed E-state index contributed by atoms with van der Waals surface area (Å²) in [5, 5.41) is 2.67. The summed E-state index contributed by atoms with van der Waals surface area (Å²) in [6.45, 7) is 2.12. The molecular weight excluding hydrogens is 458 g/mol. The number of hydrogen-bond donors (Lipinski definition) is 3. The molecule has 0 atom stereocenters. The third kappa shape index (κ3) is 7.24. The number of hydrogen-bond acceptors (Lipinski definition) is 6. The van der Waals surface area contributed by atoms with E-state index < -0.39 is 21.8 Å². The van der Waals surface area contributed by atoms with Crippen LogP contribution in [-0.2, 0) is 26.0 Å². The van der Waals surface area contributed by atoms with Crippen LogP contribution in [0.1, 0.15) is 12.5 Å². The summed E-state index contributed by atoms with van der Waals surface area (Å²) in [6.07, 6.45) is 0.124. The number of primary amides is 1. The van der Waals surface area contributed by atoms with Crippen molar-refractivity contribution in [3.63, 3.8) is 0 Å². The fourth-order valence-corrected chi connectivity index (χ4v) is 4.03. The molecule has 0 saturated carbocycles. The molecule has 0 spiro atoms. The number of amides is 2. The zero-order valence-corrected chi connectivity index (χ0v) is 19.3. The molecule has 0 aromatic heterocycles. The molecule has 0 fully saturated rings. The van der Waals surface area contributed by atoms with Crippen LogP contribution in [0.15, 0.2) is 77.7 Å². The lowest BCUT2D eigenvalue weighted by Gasteiger charge is -2.11. The van der Waals surface area contributed by atoms with E-state index in [0.29, 0.717) is 29.5 Å². The van der Waals surface area contributed by atoms with Crippen LogP contribution in [0.5, 0.6) is 11.5 Å². The largest absolute Gasteiger partial charge is 0.494 e. The van der Waals surface area contributed by atoms with Crippen molar-refractivity contribution in [1.82, 2.24) is 0 Å². The zero-order valence-electron chi connectivity index (χ0n) is 18.5. The fraction of sp³-hybridized carbons (Fsp3) is 0.167. The van der Waals surface area contributed by atoms with Gasteiger partial charge in [0.05, 0.1) is 17.9 Å². The number of benzene rings is 3. The molecular formula is C24H25N3O6S. The van der Waals surface area contributed by atoms with Crippen LogP contribution in [0.25, 0.3) is 0 Å². The molecule has 2 amide bonds. The van der Waals surface area contributed by atoms with Gasteiger partial charge in [0.1, 0.15) is 11.5 Å². The van der Waals surface area contributed by atoms with Crippen LogP contribution in [-0.4, -0.2) is 33.4 Å². The number of nitrogens with two attached hydrogens (primary N) is 1. The Morgan fingerprint density at radius 2 is 1.38 bits per heavy atom. The topological polar surface area (TPSA) is 137 Å². The minimum absolute atomic E-state index is 0.0502. The molecule has 4 N–H and O–H groups in total. The number of carbonyl (C=O) groups is 2. The maximum absolute atomic E-state index is 12.6. The zero-order chi connectivity index (χ0) is 24.6. The van der Waals surface area contributed by atoms with E-state index in [-0.39, 0.29) is 17.9 Å². The van der Waals surface area contributed by atoms with E-state index in [4.69, 9.17) is 15.2 Å². The van der Waals surface area contributed by atoms with Crippen LogP contribution in [0, 0.1) is 0 Å². The van der Waals surface area contributed by atoms with Gasteiger partial charge in [-0.3, -0.25) is 14.3 Å². The van der Waals surface area contributed by atoms with E-state index in [1.807, 2.05) is 6.92 Å². The van der Waals surface area contributed by atoms with E-state index in [2.05, 4.69) is 10.0 Å². The molecule has 0 heterocycles. The first-order valence-corrected chi connectivity index (χ1v) is 11.9. The average molecular weight is 484 g/mol. The van der Waals surface area contributed by atoms with Crippen molar-refractivity contribution < 1.29 is 27.5 Å². The van der Waals surface area contributed by atoms with E-state index in [1.165, 1.54) is 24.3 Å². The van der Waals surface area contributed by atoms with Gasteiger partial charge >= 0.3 is 0 Å². The molecule has 0 aliphatic carbocycles. The van der Waals surface area contributed by atoms with Gasteiger partial charge in [-0.25, -0.2) is 8.42 Å². The Kier molecular flexibility index (Phi) is 8.10. The molecule has 0 aliphatic rings. The third-order valence-electron chi connectivity index (χ3n) is 4.54. The SMILES string of the molecule is CCOc1ccc(NS(=O)(=O)c2ccc(OCC(=O)Nc3ccc(CC(N)=O)cc3)cc2)cc1. The smallest absolute Gasteiger partial charge is 0.262 e. The number of nitrogens with one attached hydrogen (secondary N) is 2. The number of ether oxygens (including phenoxy) is 2. The van der Waals surface area contributed by atoms with Gasteiger partial charge in [0.2, 0.25) is 5.91 Å². The van der Waals surface area contributed by atoms with Crippen molar-refractivity contribution in [1.29, 1.82) is 0 Å². The first-order chi connectivity index (χ1) is 16.2. The molecule has 178 valence electrons. The summed E-state index contributed by atoms with van der Waals surface area (Å²) >= 11 is 0. The minimum Gasteiger partial charge on any atom is -0.494 e.